The first-order valence-electron chi connectivity index (χ1n) is 6.95. The van der Waals surface area contributed by atoms with Gasteiger partial charge in [0.25, 0.3) is 0 Å². The van der Waals surface area contributed by atoms with Crippen molar-refractivity contribution in [2.24, 2.45) is 0 Å². The summed E-state index contributed by atoms with van der Waals surface area (Å²) in [6, 6.07) is 14.8. The zero-order chi connectivity index (χ0) is 14.1. The highest BCUT2D eigenvalue weighted by Crippen LogP contribution is 2.40. The summed E-state index contributed by atoms with van der Waals surface area (Å²) in [5, 5.41) is 0. The summed E-state index contributed by atoms with van der Waals surface area (Å²) >= 11 is 0. The molecule has 0 spiro atoms. The van der Waals surface area contributed by atoms with E-state index in [0.29, 0.717) is 6.04 Å². The highest BCUT2D eigenvalue weighted by Gasteiger charge is 2.27. The zero-order valence-electron chi connectivity index (χ0n) is 12.0. The summed E-state index contributed by atoms with van der Waals surface area (Å²) < 4.78 is 5.47. The van der Waals surface area contributed by atoms with Gasteiger partial charge in [-0.25, -0.2) is 0 Å². The minimum absolute atomic E-state index is 0.391. The van der Waals surface area contributed by atoms with E-state index in [9.17, 15) is 0 Å². The van der Waals surface area contributed by atoms with Gasteiger partial charge in [0.1, 0.15) is 5.75 Å². The molecule has 1 aliphatic carbocycles. The molecule has 104 valence electrons. The van der Waals surface area contributed by atoms with Gasteiger partial charge in [0.15, 0.2) is 0 Å². The highest BCUT2D eigenvalue weighted by molar-refractivity contribution is 5.60. The van der Waals surface area contributed by atoms with Gasteiger partial charge in [0.2, 0.25) is 0 Å². The third kappa shape index (κ3) is 2.09. The number of fused-ring (bicyclic) bond motifs is 1. The Bertz CT molecular complexity index is 624. The number of hydrogen-bond donors (Lipinski definition) is 1. The van der Waals surface area contributed by atoms with Crippen LogP contribution in [0.5, 0.6) is 5.75 Å². The Hall–Kier alpha value is -2.16. The van der Waals surface area contributed by atoms with Crippen molar-refractivity contribution in [3.05, 3.63) is 53.6 Å². The van der Waals surface area contributed by atoms with Gasteiger partial charge in [-0.05, 0) is 48.2 Å². The lowest BCUT2D eigenvalue weighted by molar-refractivity contribution is 0.413. The van der Waals surface area contributed by atoms with Gasteiger partial charge in [-0.1, -0.05) is 18.2 Å². The van der Waals surface area contributed by atoms with Gasteiger partial charge in [-0.3, -0.25) is 0 Å². The molecule has 0 heterocycles. The maximum absolute atomic E-state index is 5.88. The first-order chi connectivity index (χ1) is 9.70. The van der Waals surface area contributed by atoms with Crippen LogP contribution in [0.1, 0.15) is 23.6 Å². The SMILES string of the molecule is COc1ccccc1N(C)C1CCc2cc(N)ccc21. The normalized spacial score (nSPS) is 16.8. The molecule has 3 rings (SSSR count). The first kappa shape index (κ1) is 12.9. The molecule has 0 amide bonds. The van der Waals surface area contributed by atoms with Crippen molar-refractivity contribution in [1.82, 2.24) is 0 Å². The largest absolute Gasteiger partial charge is 0.495 e. The molecular formula is C17H20N2O. The molecule has 0 bridgehead atoms. The number of methoxy groups -OCH3 is 1. The van der Waals surface area contributed by atoms with E-state index in [1.165, 1.54) is 11.1 Å². The molecule has 1 unspecified atom stereocenters. The van der Waals surface area contributed by atoms with Crippen molar-refractivity contribution in [2.75, 3.05) is 24.8 Å². The third-order valence-corrected chi connectivity index (χ3v) is 4.15. The predicted octanol–water partition coefficient (Wildman–Crippen LogP) is 3.40. The Balaban J connectivity index is 1.95. The number of nitrogens with two attached hydrogens (primary N) is 1. The first-order valence-corrected chi connectivity index (χ1v) is 6.95. The average molecular weight is 268 g/mol. The topological polar surface area (TPSA) is 38.5 Å². The number of ether oxygens (including phenoxy) is 1. The standard InChI is InChI=1S/C17H20N2O/c1-19(16-5-3-4-6-17(16)20-2)15-10-7-12-11-13(18)8-9-14(12)15/h3-6,8-9,11,15H,7,10,18H2,1-2H3. The van der Waals surface area contributed by atoms with E-state index in [1.807, 2.05) is 24.3 Å². The van der Waals surface area contributed by atoms with Crippen LogP contribution in [0.2, 0.25) is 0 Å². The van der Waals surface area contributed by atoms with Crippen molar-refractivity contribution < 1.29 is 4.74 Å². The molecule has 0 saturated heterocycles. The fourth-order valence-corrected chi connectivity index (χ4v) is 3.11. The van der Waals surface area contributed by atoms with Gasteiger partial charge in [0, 0.05) is 12.7 Å². The van der Waals surface area contributed by atoms with E-state index >= 15 is 0 Å². The number of nitrogens with zero attached hydrogens (tertiary/aromatic N) is 1. The molecule has 1 aliphatic rings. The molecule has 2 aromatic carbocycles. The van der Waals surface area contributed by atoms with Crippen LogP contribution in [-0.2, 0) is 6.42 Å². The summed E-state index contributed by atoms with van der Waals surface area (Å²) in [7, 11) is 3.85. The molecule has 0 saturated carbocycles. The fraction of sp³-hybridized carbons (Fsp3) is 0.294. The van der Waals surface area contributed by atoms with E-state index in [4.69, 9.17) is 10.5 Å². The number of rotatable bonds is 3. The summed E-state index contributed by atoms with van der Waals surface area (Å²) in [6.07, 6.45) is 2.21. The van der Waals surface area contributed by atoms with E-state index in [2.05, 4.69) is 30.1 Å². The minimum Gasteiger partial charge on any atom is -0.495 e. The number of nitrogen functional groups attached to an aromatic ring is 1. The minimum atomic E-state index is 0.391. The molecule has 0 fully saturated rings. The monoisotopic (exact) mass is 268 g/mol. The number of benzene rings is 2. The van der Waals surface area contributed by atoms with Gasteiger partial charge in [-0.15, -0.1) is 0 Å². The fourth-order valence-electron chi connectivity index (χ4n) is 3.11. The zero-order valence-corrected chi connectivity index (χ0v) is 12.0. The Morgan fingerprint density at radius 3 is 2.80 bits per heavy atom. The van der Waals surface area contributed by atoms with Crippen molar-refractivity contribution >= 4 is 11.4 Å². The Morgan fingerprint density at radius 2 is 2.00 bits per heavy atom. The quantitative estimate of drug-likeness (QED) is 0.867. The van der Waals surface area contributed by atoms with Gasteiger partial charge < -0.3 is 15.4 Å². The van der Waals surface area contributed by atoms with Crippen molar-refractivity contribution in [3.8, 4) is 5.75 Å². The number of hydrogen-bond acceptors (Lipinski definition) is 3. The molecular weight excluding hydrogens is 248 g/mol. The molecule has 3 heteroatoms. The van der Waals surface area contributed by atoms with Gasteiger partial charge in [-0.2, -0.15) is 0 Å². The van der Waals surface area contributed by atoms with Crippen LogP contribution >= 0.6 is 0 Å². The molecule has 20 heavy (non-hydrogen) atoms. The number of para-hydroxylation sites is 2. The molecule has 1 atom stereocenters. The molecule has 0 aliphatic heterocycles. The summed E-state index contributed by atoms with van der Waals surface area (Å²) in [6.45, 7) is 0. The Labute approximate surface area is 120 Å². The average Bonchev–Trinajstić information content (AvgIpc) is 2.89. The van der Waals surface area contributed by atoms with Gasteiger partial charge in [0.05, 0.1) is 18.8 Å². The molecule has 0 radical (unpaired) electrons. The lowest BCUT2D eigenvalue weighted by atomic mass is 10.1. The Kier molecular flexibility index (Phi) is 3.26. The lowest BCUT2D eigenvalue weighted by Crippen LogP contribution is -2.22. The van der Waals surface area contributed by atoms with Crippen LogP contribution in [0.25, 0.3) is 0 Å². The molecule has 2 aromatic rings. The number of anilines is 2. The van der Waals surface area contributed by atoms with Crippen LogP contribution < -0.4 is 15.4 Å². The lowest BCUT2D eigenvalue weighted by Gasteiger charge is -2.29. The second kappa shape index (κ2) is 5.08. The molecule has 0 aromatic heterocycles. The van der Waals surface area contributed by atoms with Crippen LogP contribution in [-0.4, -0.2) is 14.2 Å². The predicted molar refractivity (Wildman–Crippen MR) is 83.3 cm³/mol. The van der Waals surface area contributed by atoms with Crippen LogP contribution in [0, 0.1) is 0 Å². The van der Waals surface area contributed by atoms with Crippen molar-refractivity contribution in [3.63, 3.8) is 0 Å². The smallest absolute Gasteiger partial charge is 0.142 e. The van der Waals surface area contributed by atoms with Crippen LogP contribution in [0.4, 0.5) is 11.4 Å². The van der Waals surface area contributed by atoms with Crippen molar-refractivity contribution in [2.45, 2.75) is 18.9 Å². The maximum Gasteiger partial charge on any atom is 0.142 e. The van der Waals surface area contributed by atoms with Crippen LogP contribution in [0.15, 0.2) is 42.5 Å². The second-order valence-corrected chi connectivity index (χ2v) is 5.30. The van der Waals surface area contributed by atoms with E-state index in [-0.39, 0.29) is 0 Å². The third-order valence-electron chi connectivity index (χ3n) is 4.15. The van der Waals surface area contributed by atoms with Crippen LogP contribution in [0.3, 0.4) is 0 Å². The van der Waals surface area contributed by atoms with Gasteiger partial charge >= 0.3 is 0 Å². The summed E-state index contributed by atoms with van der Waals surface area (Å²) in [5.74, 6) is 0.916. The van der Waals surface area contributed by atoms with E-state index in [0.717, 1.165) is 30.0 Å². The second-order valence-electron chi connectivity index (χ2n) is 5.30. The van der Waals surface area contributed by atoms with E-state index in [1.54, 1.807) is 7.11 Å². The maximum atomic E-state index is 5.88. The Morgan fingerprint density at radius 1 is 1.20 bits per heavy atom. The molecule has 3 nitrogen and oxygen atoms in total. The van der Waals surface area contributed by atoms with E-state index < -0.39 is 0 Å². The summed E-state index contributed by atoms with van der Waals surface area (Å²) in [5.41, 5.74) is 10.6. The summed E-state index contributed by atoms with van der Waals surface area (Å²) in [4.78, 5) is 2.31. The van der Waals surface area contributed by atoms with Crippen molar-refractivity contribution in [1.29, 1.82) is 0 Å². The highest BCUT2D eigenvalue weighted by atomic mass is 16.5. The molecule has 2 N–H and O–H groups in total. The number of aryl methyl sites for hydroxylation is 1.